The second-order valence-electron chi connectivity index (χ2n) is 4.76. The van der Waals surface area contributed by atoms with E-state index < -0.39 is 0 Å². The van der Waals surface area contributed by atoms with Gasteiger partial charge in [0.2, 0.25) is 0 Å². The van der Waals surface area contributed by atoms with Crippen molar-refractivity contribution in [3.8, 4) is 0 Å². The molecule has 2 atom stereocenters. The first-order valence-corrected chi connectivity index (χ1v) is 5.97. The van der Waals surface area contributed by atoms with E-state index in [1.165, 1.54) is 38.6 Å². The summed E-state index contributed by atoms with van der Waals surface area (Å²) in [6, 6.07) is 0.718. The predicted molar refractivity (Wildman–Crippen MR) is 58.9 cm³/mol. The zero-order chi connectivity index (χ0) is 9.68. The summed E-state index contributed by atoms with van der Waals surface area (Å²) in [6.45, 7) is 8.16. The minimum Gasteiger partial charge on any atom is -0.314 e. The largest absolute Gasteiger partial charge is 0.314 e. The molecule has 0 heterocycles. The van der Waals surface area contributed by atoms with Gasteiger partial charge in [-0.1, -0.05) is 33.1 Å². The molecule has 0 aromatic carbocycles. The van der Waals surface area contributed by atoms with Crippen molar-refractivity contribution in [2.75, 3.05) is 6.54 Å². The van der Waals surface area contributed by atoms with Gasteiger partial charge in [-0.3, -0.25) is 0 Å². The molecule has 1 saturated carbocycles. The Bertz CT molecular complexity index is 129. The van der Waals surface area contributed by atoms with Gasteiger partial charge in [0.05, 0.1) is 0 Å². The standard InChI is InChI=1S/C12H25N/c1-4-8-13-11(3)9-10(2)12-6-5-7-12/h10-13H,4-9H2,1-3H3. The zero-order valence-electron chi connectivity index (χ0n) is 9.47. The van der Waals surface area contributed by atoms with Gasteiger partial charge in [-0.15, -0.1) is 0 Å². The van der Waals surface area contributed by atoms with Crippen LogP contribution in [-0.2, 0) is 0 Å². The Kier molecular flexibility index (Phi) is 4.79. The van der Waals surface area contributed by atoms with Crippen molar-refractivity contribution in [3.05, 3.63) is 0 Å². The van der Waals surface area contributed by atoms with Gasteiger partial charge in [0, 0.05) is 6.04 Å². The Balaban J connectivity index is 2.07. The number of rotatable bonds is 6. The molecule has 2 unspecified atom stereocenters. The first-order chi connectivity index (χ1) is 6.24. The smallest absolute Gasteiger partial charge is 0.00413 e. The minimum atomic E-state index is 0.718. The lowest BCUT2D eigenvalue weighted by Gasteiger charge is -2.33. The van der Waals surface area contributed by atoms with Gasteiger partial charge in [-0.25, -0.2) is 0 Å². The highest BCUT2D eigenvalue weighted by Gasteiger charge is 2.24. The van der Waals surface area contributed by atoms with Gasteiger partial charge < -0.3 is 5.32 Å². The molecular weight excluding hydrogens is 158 g/mol. The van der Waals surface area contributed by atoms with Gasteiger partial charge in [0.1, 0.15) is 0 Å². The maximum Gasteiger partial charge on any atom is 0.00413 e. The molecule has 0 aromatic rings. The third kappa shape index (κ3) is 3.68. The van der Waals surface area contributed by atoms with E-state index in [9.17, 15) is 0 Å². The Morgan fingerprint density at radius 3 is 2.46 bits per heavy atom. The molecule has 1 fully saturated rings. The summed E-state index contributed by atoms with van der Waals surface area (Å²) in [5.74, 6) is 1.99. The maximum absolute atomic E-state index is 3.57. The molecule has 0 bridgehead atoms. The van der Waals surface area contributed by atoms with Gasteiger partial charge in [-0.2, -0.15) is 0 Å². The summed E-state index contributed by atoms with van der Waals surface area (Å²) in [6.07, 6.45) is 7.07. The van der Waals surface area contributed by atoms with Gasteiger partial charge in [0.25, 0.3) is 0 Å². The van der Waals surface area contributed by atoms with Crippen molar-refractivity contribution >= 4 is 0 Å². The van der Waals surface area contributed by atoms with Crippen LogP contribution in [0.5, 0.6) is 0 Å². The summed E-state index contributed by atoms with van der Waals surface area (Å²) >= 11 is 0. The molecule has 0 spiro atoms. The molecule has 0 radical (unpaired) electrons. The quantitative estimate of drug-likeness (QED) is 0.667. The average Bonchev–Trinajstić information content (AvgIpc) is 1.97. The van der Waals surface area contributed by atoms with Crippen molar-refractivity contribution < 1.29 is 0 Å². The molecule has 13 heavy (non-hydrogen) atoms. The molecule has 0 saturated heterocycles. The molecule has 0 aromatic heterocycles. The van der Waals surface area contributed by atoms with Crippen molar-refractivity contribution in [3.63, 3.8) is 0 Å². The van der Waals surface area contributed by atoms with Crippen molar-refractivity contribution in [2.45, 2.75) is 58.9 Å². The van der Waals surface area contributed by atoms with Crippen LogP contribution in [0.3, 0.4) is 0 Å². The van der Waals surface area contributed by atoms with Crippen LogP contribution < -0.4 is 5.32 Å². The van der Waals surface area contributed by atoms with E-state index in [-0.39, 0.29) is 0 Å². The fraction of sp³-hybridized carbons (Fsp3) is 1.00. The van der Waals surface area contributed by atoms with E-state index in [0.29, 0.717) is 0 Å². The summed E-state index contributed by atoms with van der Waals surface area (Å²) in [4.78, 5) is 0. The van der Waals surface area contributed by atoms with Gasteiger partial charge in [-0.05, 0) is 38.1 Å². The number of nitrogens with one attached hydrogen (secondary N) is 1. The Morgan fingerprint density at radius 1 is 1.31 bits per heavy atom. The van der Waals surface area contributed by atoms with E-state index in [0.717, 1.165) is 17.9 Å². The Morgan fingerprint density at radius 2 is 2.00 bits per heavy atom. The molecule has 1 rings (SSSR count). The van der Waals surface area contributed by atoms with E-state index in [2.05, 4.69) is 26.1 Å². The molecular formula is C12H25N. The SMILES string of the molecule is CCCNC(C)CC(C)C1CCC1. The number of hydrogen-bond acceptors (Lipinski definition) is 1. The molecule has 78 valence electrons. The van der Waals surface area contributed by atoms with Crippen LogP contribution in [0.25, 0.3) is 0 Å². The maximum atomic E-state index is 3.57. The minimum absolute atomic E-state index is 0.718. The summed E-state index contributed by atoms with van der Waals surface area (Å²) in [7, 11) is 0. The molecule has 1 N–H and O–H groups in total. The lowest BCUT2D eigenvalue weighted by atomic mass is 9.74. The first kappa shape index (κ1) is 11.0. The summed E-state index contributed by atoms with van der Waals surface area (Å²) in [5, 5.41) is 3.57. The van der Waals surface area contributed by atoms with E-state index in [4.69, 9.17) is 0 Å². The Hall–Kier alpha value is -0.0400. The second-order valence-corrected chi connectivity index (χ2v) is 4.76. The highest BCUT2D eigenvalue weighted by Crippen LogP contribution is 2.35. The van der Waals surface area contributed by atoms with E-state index in [1.807, 2.05) is 0 Å². The van der Waals surface area contributed by atoms with Crippen LogP contribution in [0.4, 0.5) is 0 Å². The fourth-order valence-electron chi connectivity index (χ4n) is 2.23. The van der Waals surface area contributed by atoms with Crippen LogP contribution in [0.15, 0.2) is 0 Å². The predicted octanol–water partition coefficient (Wildman–Crippen LogP) is 3.20. The normalized spacial score (nSPS) is 22.4. The topological polar surface area (TPSA) is 12.0 Å². The van der Waals surface area contributed by atoms with E-state index in [1.54, 1.807) is 0 Å². The molecule has 1 aliphatic rings. The third-order valence-electron chi connectivity index (χ3n) is 3.42. The summed E-state index contributed by atoms with van der Waals surface area (Å²) < 4.78 is 0. The third-order valence-corrected chi connectivity index (χ3v) is 3.42. The molecule has 1 aliphatic carbocycles. The monoisotopic (exact) mass is 183 g/mol. The number of hydrogen-bond donors (Lipinski definition) is 1. The molecule has 1 heteroatoms. The fourth-order valence-corrected chi connectivity index (χ4v) is 2.23. The highest BCUT2D eigenvalue weighted by molar-refractivity contribution is 4.77. The molecule has 1 nitrogen and oxygen atoms in total. The molecule has 0 aliphatic heterocycles. The molecule has 0 amide bonds. The van der Waals surface area contributed by atoms with Crippen molar-refractivity contribution in [2.24, 2.45) is 11.8 Å². The van der Waals surface area contributed by atoms with E-state index >= 15 is 0 Å². The van der Waals surface area contributed by atoms with Crippen molar-refractivity contribution in [1.29, 1.82) is 0 Å². The second kappa shape index (κ2) is 5.64. The van der Waals surface area contributed by atoms with Gasteiger partial charge >= 0.3 is 0 Å². The van der Waals surface area contributed by atoms with Crippen LogP contribution in [0, 0.1) is 11.8 Å². The lowest BCUT2D eigenvalue weighted by Crippen LogP contribution is -2.31. The zero-order valence-corrected chi connectivity index (χ0v) is 9.47. The average molecular weight is 183 g/mol. The Labute approximate surface area is 83.3 Å². The van der Waals surface area contributed by atoms with Crippen LogP contribution in [-0.4, -0.2) is 12.6 Å². The van der Waals surface area contributed by atoms with Crippen LogP contribution >= 0.6 is 0 Å². The van der Waals surface area contributed by atoms with Gasteiger partial charge in [0.15, 0.2) is 0 Å². The van der Waals surface area contributed by atoms with Crippen LogP contribution in [0.1, 0.15) is 52.9 Å². The lowest BCUT2D eigenvalue weighted by molar-refractivity contribution is 0.198. The summed E-state index contributed by atoms with van der Waals surface area (Å²) in [5.41, 5.74) is 0. The first-order valence-electron chi connectivity index (χ1n) is 5.97. The highest BCUT2D eigenvalue weighted by atomic mass is 14.9. The van der Waals surface area contributed by atoms with Crippen molar-refractivity contribution in [1.82, 2.24) is 5.32 Å². The van der Waals surface area contributed by atoms with Crippen LogP contribution in [0.2, 0.25) is 0 Å².